The van der Waals surface area contributed by atoms with Gasteiger partial charge in [0.1, 0.15) is 5.82 Å². The fourth-order valence-electron chi connectivity index (χ4n) is 2.64. The van der Waals surface area contributed by atoms with Crippen molar-refractivity contribution < 1.29 is 4.39 Å². The van der Waals surface area contributed by atoms with Crippen molar-refractivity contribution in [1.29, 1.82) is 0 Å². The second kappa shape index (κ2) is 7.24. The van der Waals surface area contributed by atoms with Gasteiger partial charge in [-0.3, -0.25) is 5.43 Å². The standard InChI is InChI=1S/C15H23FN4/c1-2-20(14-10-8-12(16)9-11-14)15(19-17)18-13-6-4-3-5-7-13/h8-11,13H,2-7,17H2,1H3,(H,18,19). The van der Waals surface area contributed by atoms with Crippen molar-refractivity contribution in [3.8, 4) is 0 Å². The van der Waals surface area contributed by atoms with Crippen LogP contribution in [-0.2, 0) is 0 Å². The van der Waals surface area contributed by atoms with Gasteiger partial charge in [-0.25, -0.2) is 15.2 Å². The average Bonchev–Trinajstić information content (AvgIpc) is 2.49. The summed E-state index contributed by atoms with van der Waals surface area (Å²) in [5.41, 5.74) is 3.59. The van der Waals surface area contributed by atoms with Crippen molar-refractivity contribution in [3.05, 3.63) is 30.1 Å². The molecule has 0 bridgehead atoms. The molecule has 0 radical (unpaired) electrons. The van der Waals surface area contributed by atoms with E-state index >= 15 is 0 Å². The van der Waals surface area contributed by atoms with Gasteiger partial charge in [0, 0.05) is 12.2 Å². The molecule has 20 heavy (non-hydrogen) atoms. The van der Waals surface area contributed by atoms with Crippen LogP contribution < -0.4 is 16.2 Å². The predicted molar refractivity (Wildman–Crippen MR) is 81.1 cm³/mol. The highest BCUT2D eigenvalue weighted by atomic mass is 19.1. The molecule has 0 unspecified atom stereocenters. The molecule has 4 nitrogen and oxygen atoms in total. The molecule has 0 saturated heterocycles. The summed E-state index contributed by atoms with van der Waals surface area (Å²) in [5.74, 6) is 6.06. The number of aliphatic imine (C=N–C) groups is 1. The van der Waals surface area contributed by atoms with Crippen LogP contribution in [0, 0.1) is 5.82 Å². The summed E-state index contributed by atoms with van der Waals surface area (Å²) in [4.78, 5) is 6.70. The molecular formula is C15H23FN4. The topological polar surface area (TPSA) is 53.6 Å². The molecule has 1 aromatic rings. The molecule has 3 N–H and O–H groups in total. The summed E-state index contributed by atoms with van der Waals surface area (Å²) in [7, 11) is 0. The Morgan fingerprint density at radius 1 is 1.30 bits per heavy atom. The maximum atomic E-state index is 13.0. The number of nitrogens with two attached hydrogens (primary N) is 1. The number of hydrogen-bond donors (Lipinski definition) is 2. The molecule has 1 aliphatic rings. The van der Waals surface area contributed by atoms with E-state index in [4.69, 9.17) is 10.8 Å². The number of anilines is 1. The molecule has 0 amide bonds. The number of hydrazine groups is 1. The molecule has 1 aromatic carbocycles. The Morgan fingerprint density at radius 2 is 1.95 bits per heavy atom. The Kier molecular flexibility index (Phi) is 5.35. The molecule has 1 fully saturated rings. The lowest BCUT2D eigenvalue weighted by Gasteiger charge is -2.27. The van der Waals surface area contributed by atoms with Gasteiger partial charge in [0.2, 0.25) is 5.96 Å². The largest absolute Gasteiger partial charge is 0.312 e. The first-order chi connectivity index (χ1) is 9.74. The first-order valence-corrected chi connectivity index (χ1v) is 7.32. The molecule has 0 aromatic heterocycles. The fraction of sp³-hybridized carbons (Fsp3) is 0.533. The quantitative estimate of drug-likeness (QED) is 0.387. The molecule has 2 rings (SSSR count). The monoisotopic (exact) mass is 278 g/mol. The molecule has 5 heteroatoms. The molecule has 1 aliphatic carbocycles. The normalized spacial score (nSPS) is 17.1. The van der Waals surface area contributed by atoms with Crippen LogP contribution in [0.4, 0.5) is 10.1 Å². The SMILES string of the molecule is CCN(C(=NC1CCCCC1)NN)c1ccc(F)cc1. The van der Waals surface area contributed by atoms with E-state index in [2.05, 4.69) is 5.43 Å². The Bertz CT molecular complexity index is 438. The van der Waals surface area contributed by atoms with Gasteiger partial charge in [-0.15, -0.1) is 0 Å². The Balaban J connectivity index is 2.17. The van der Waals surface area contributed by atoms with Crippen molar-refractivity contribution in [1.82, 2.24) is 5.43 Å². The minimum Gasteiger partial charge on any atom is -0.312 e. The van der Waals surface area contributed by atoms with Crippen molar-refractivity contribution in [3.63, 3.8) is 0 Å². The van der Waals surface area contributed by atoms with Gasteiger partial charge in [0.05, 0.1) is 6.04 Å². The van der Waals surface area contributed by atoms with E-state index in [1.54, 1.807) is 12.1 Å². The van der Waals surface area contributed by atoms with Gasteiger partial charge in [0.15, 0.2) is 0 Å². The third kappa shape index (κ3) is 3.70. The second-order valence-corrected chi connectivity index (χ2v) is 5.11. The highest BCUT2D eigenvalue weighted by molar-refractivity contribution is 5.95. The van der Waals surface area contributed by atoms with Crippen LogP contribution >= 0.6 is 0 Å². The van der Waals surface area contributed by atoms with E-state index in [0.29, 0.717) is 12.0 Å². The van der Waals surface area contributed by atoms with Gasteiger partial charge in [0.25, 0.3) is 0 Å². The highest BCUT2D eigenvalue weighted by Gasteiger charge is 2.16. The minimum atomic E-state index is -0.240. The highest BCUT2D eigenvalue weighted by Crippen LogP contribution is 2.21. The lowest BCUT2D eigenvalue weighted by molar-refractivity contribution is 0.441. The molecular weight excluding hydrogens is 255 g/mol. The van der Waals surface area contributed by atoms with Gasteiger partial charge in [-0.1, -0.05) is 19.3 Å². The first kappa shape index (κ1) is 14.8. The summed E-state index contributed by atoms with van der Waals surface area (Å²) in [5, 5.41) is 0. The van der Waals surface area contributed by atoms with Crippen LogP contribution in [0.5, 0.6) is 0 Å². The van der Waals surface area contributed by atoms with Crippen molar-refractivity contribution >= 4 is 11.6 Å². The van der Waals surface area contributed by atoms with Crippen LogP contribution in [0.15, 0.2) is 29.3 Å². The first-order valence-electron chi connectivity index (χ1n) is 7.32. The van der Waals surface area contributed by atoms with Gasteiger partial charge in [-0.2, -0.15) is 0 Å². The third-order valence-corrected chi connectivity index (χ3v) is 3.72. The Hall–Kier alpha value is -1.62. The molecule has 1 saturated carbocycles. The molecule has 0 atom stereocenters. The maximum absolute atomic E-state index is 13.0. The van der Waals surface area contributed by atoms with Crippen molar-refractivity contribution in [2.24, 2.45) is 10.8 Å². The smallest absolute Gasteiger partial charge is 0.213 e. The zero-order valence-corrected chi connectivity index (χ0v) is 12.0. The lowest BCUT2D eigenvalue weighted by atomic mass is 9.96. The maximum Gasteiger partial charge on any atom is 0.213 e. The second-order valence-electron chi connectivity index (χ2n) is 5.11. The van der Waals surface area contributed by atoms with E-state index < -0.39 is 0 Å². The van der Waals surface area contributed by atoms with Crippen LogP contribution in [-0.4, -0.2) is 18.5 Å². The van der Waals surface area contributed by atoms with Gasteiger partial charge < -0.3 is 4.90 Å². The number of guanidine groups is 1. The number of rotatable bonds is 3. The lowest BCUT2D eigenvalue weighted by Crippen LogP contribution is -2.45. The zero-order valence-electron chi connectivity index (χ0n) is 12.0. The van der Waals surface area contributed by atoms with Crippen LogP contribution in [0.3, 0.4) is 0 Å². The van der Waals surface area contributed by atoms with E-state index in [0.717, 1.165) is 25.1 Å². The molecule has 0 heterocycles. The molecule has 110 valence electrons. The number of nitrogens with one attached hydrogen (secondary N) is 1. The van der Waals surface area contributed by atoms with E-state index in [-0.39, 0.29) is 5.82 Å². The minimum absolute atomic E-state index is 0.240. The van der Waals surface area contributed by atoms with Gasteiger partial charge in [-0.05, 0) is 44.0 Å². The zero-order chi connectivity index (χ0) is 14.4. The number of halogens is 1. The fourth-order valence-corrected chi connectivity index (χ4v) is 2.64. The third-order valence-electron chi connectivity index (χ3n) is 3.72. The average molecular weight is 278 g/mol. The number of benzene rings is 1. The Labute approximate surface area is 119 Å². The van der Waals surface area contributed by atoms with Crippen molar-refractivity contribution in [2.75, 3.05) is 11.4 Å². The van der Waals surface area contributed by atoms with Crippen LogP contribution in [0.2, 0.25) is 0 Å². The summed E-state index contributed by atoms with van der Waals surface area (Å²) in [6.07, 6.45) is 5.99. The molecule has 0 aliphatic heterocycles. The summed E-state index contributed by atoms with van der Waals surface area (Å²) in [6, 6.07) is 6.72. The summed E-state index contributed by atoms with van der Waals surface area (Å²) >= 11 is 0. The van der Waals surface area contributed by atoms with Crippen LogP contribution in [0.1, 0.15) is 39.0 Å². The molecule has 0 spiro atoms. The predicted octanol–water partition coefficient (Wildman–Crippen LogP) is 2.80. The van der Waals surface area contributed by atoms with E-state index in [1.165, 1.54) is 31.4 Å². The Morgan fingerprint density at radius 3 is 2.50 bits per heavy atom. The number of nitrogens with zero attached hydrogens (tertiary/aromatic N) is 2. The van der Waals surface area contributed by atoms with Crippen LogP contribution in [0.25, 0.3) is 0 Å². The number of hydrogen-bond acceptors (Lipinski definition) is 2. The van der Waals surface area contributed by atoms with E-state index in [9.17, 15) is 4.39 Å². The van der Waals surface area contributed by atoms with Crippen molar-refractivity contribution in [2.45, 2.75) is 45.1 Å². The summed E-state index contributed by atoms with van der Waals surface area (Å²) in [6.45, 7) is 2.75. The van der Waals surface area contributed by atoms with Gasteiger partial charge >= 0.3 is 0 Å². The van der Waals surface area contributed by atoms with E-state index in [1.807, 2.05) is 11.8 Å². The summed E-state index contributed by atoms with van der Waals surface area (Å²) < 4.78 is 13.0.